The van der Waals surface area contributed by atoms with Crippen molar-refractivity contribution in [1.82, 2.24) is 0 Å². The molecule has 1 aliphatic carbocycles. The first-order chi connectivity index (χ1) is 24.4. The lowest BCUT2D eigenvalue weighted by molar-refractivity contribution is -0.347. The van der Waals surface area contributed by atoms with Crippen LogP contribution in [0.1, 0.15) is 26.3 Å². The largest absolute Gasteiger partial charge is 0.472 e. The third-order valence-corrected chi connectivity index (χ3v) is 9.68. The van der Waals surface area contributed by atoms with E-state index in [1.165, 1.54) is 25.3 Å². The monoisotopic (exact) mass is 722 g/mol. The Morgan fingerprint density at radius 1 is 0.824 bits per heavy atom. The second-order valence-corrected chi connectivity index (χ2v) is 13.0. The van der Waals surface area contributed by atoms with E-state index >= 15 is 0 Å². The number of hydrogen-bond acceptors (Lipinski definition) is 17. The first-order valence-corrected chi connectivity index (χ1v) is 16.5. The van der Waals surface area contributed by atoms with Crippen LogP contribution in [-0.2, 0) is 57.0 Å². The summed E-state index contributed by atoms with van der Waals surface area (Å²) in [6.07, 6.45) is -11.5. The van der Waals surface area contributed by atoms with E-state index in [0.717, 1.165) is 6.92 Å². The maximum Gasteiger partial charge on any atom is 0.331 e. The number of benzene rings is 1. The van der Waals surface area contributed by atoms with Crippen molar-refractivity contribution in [3.8, 4) is 0 Å². The SMILES string of the molecule is CC(=O)O[C@@H]1[C@@H](OC(C)=O)[C@H](C)O[C@@H](O[C@H]2[C@@H]3C=CO[C@@H](O[C@@H]4O[C@H](CO)[C@@H](O)[C@H](O)[C@H]4O)C3[C@@]3(CO)O[C@@H]23)[C@@H]1OC(=O)/C=C/c1ccccc1. The predicted octanol–water partition coefficient (Wildman–Crippen LogP) is -1.33. The number of hydrogen-bond donors (Lipinski definition) is 5. The standard InChI is InChI=1S/C34H42O17/c1-15-26(45-16(2)37)28(46-17(3)38)29(48-21(39)10-9-18-7-5-4-6-8-18)33(44-15)49-27-19-11-12-43-31(22(19)34(14-36)30(27)51-34)50-32-25(42)24(41)23(40)20(13-35)47-32/h4-12,15,19-20,22-33,35-36,40-42H,13-14H2,1-3H3/b10-9+/t15-,19+,20+,22?,23+,24-,25+,26-,27-,28+,29+,30-,31-,32-,33-,34+/m0/s1. The summed E-state index contributed by atoms with van der Waals surface area (Å²) < 4.78 is 52.7. The van der Waals surface area contributed by atoms with E-state index in [9.17, 15) is 39.9 Å². The zero-order valence-corrected chi connectivity index (χ0v) is 27.9. The van der Waals surface area contributed by atoms with Gasteiger partial charge in [-0.2, -0.15) is 0 Å². The highest BCUT2D eigenvalue weighted by atomic mass is 16.8. The maximum absolute atomic E-state index is 13.2. The molecule has 1 aromatic carbocycles. The Kier molecular flexibility index (Phi) is 11.1. The van der Waals surface area contributed by atoms with Crippen molar-refractivity contribution in [3.63, 3.8) is 0 Å². The first-order valence-electron chi connectivity index (χ1n) is 16.5. The molecule has 5 N–H and O–H groups in total. The van der Waals surface area contributed by atoms with Crippen LogP contribution in [0.2, 0.25) is 0 Å². The summed E-state index contributed by atoms with van der Waals surface area (Å²) in [5.74, 6) is -3.71. The number of rotatable bonds is 11. The Labute approximate surface area is 292 Å². The van der Waals surface area contributed by atoms with Crippen molar-refractivity contribution < 1.29 is 82.5 Å². The van der Waals surface area contributed by atoms with Crippen LogP contribution in [0, 0.1) is 11.8 Å². The Morgan fingerprint density at radius 3 is 2.20 bits per heavy atom. The summed E-state index contributed by atoms with van der Waals surface area (Å²) in [6.45, 7) is 2.69. The minimum absolute atomic E-state index is 0.514. The first kappa shape index (κ1) is 37.3. The molecule has 4 fully saturated rings. The number of epoxide rings is 1. The Morgan fingerprint density at radius 2 is 1.53 bits per heavy atom. The summed E-state index contributed by atoms with van der Waals surface area (Å²) in [5, 5.41) is 51.3. The number of aliphatic hydroxyl groups is 5. The van der Waals surface area contributed by atoms with Crippen molar-refractivity contribution in [2.75, 3.05) is 13.2 Å². The minimum Gasteiger partial charge on any atom is -0.472 e. The molecule has 0 radical (unpaired) electrons. The fourth-order valence-electron chi connectivity index (χ4n) is 7.25. The Balaban J connectivity index is 1.26. The summed E-state index contributed by atoms with van der Waals surface area (Å²) in [6, 6.07) is 8.94. The average Bonchev–Trinajstić information content (AvgIpc) is 3.78. The van der Waals surface area contributed by atoms with Crippen LogP contribution in [-0.4, -0.2) is 142 Å². The molecule has 17 nitrogen and oxygen atoms in total. The molecule has 1 saturated carbocycles. The normalized spacial score (nSPS) is 42.7. The lowest BCUT2D eigenvalue weighted by Gasteiger charge is -2.45. The van der Waals surface area contributed by atoms with Crippen molar-refractivity contribution in [3.05, 3.63) is 54.3 Å². The lowest BCUT2D eigenvalue weighted by atomic mass is 9.85. The number of ether oxygens (including phenoxy) is 9. The van der Waals surface area contributed by atoms with Gasteiger partial charge in [-0.15, -0.1) is 0 Å². The molecule has 17 heteroatoms. The summed E-state index contributed by atoms with van der Waals surface area (Å²) in [7, 11) is 0. The van der Waals surface area contributed by atoms with Crippen LogP contribution >= 0.6 is 0 Å². The van der Waals surface area contributed by atoms with Crippen LogP contribution in [0.3, 0.4) is 0 Å². The van der Waals surface area contributed by atoms with Crippen LogP contribution in [0.5, 0.6) is 0 Å². The lowest BCUT2D eigenvalue weighted by Crippen LogP contribution is -2.62. The van der Waals surface area contributed by atoms with Crippen molar-refractivity contribution in [2.24, 2.45) is 11.8 Å². The highest BCUT2D eigenvalue weighted by molar-refractivity contribution is 5.87. The summed E-state index contributed by atoms with van der Waals surface area (Å²) in [5.41, 5.74) is -0.570. The molecule has 51 heavy (non-hydrogen) atoms. The van der Waals surface area contributed by atoms with Gasteiger partial charge in [0.15, 0.2) is 30.9 Å². The number of aliphatic hydroxyl groups excluding tert-OH is 5. The van der Waals surface area contributed by atoms with Gasteiger partial charge >= 0.3 is 17.9 Å². The Bertz CT molecular complexity index is 1470. The molecular formula is C34H42O17. The van der Waals surface area contributed by atoms with Gasteiger partial charge in [0, 0.05) is 25.8 Å². The zero-order valence-electron chi connectivity index (χ0n) is 27.9. The average molecular weight is 723 g/mol. The van der Waals surface area contributed by atoms with Gasteiger partial charge in [-0.05, 0) is 24.6 Å². The highest BCUT2D eigenvalue weighted by Gasteiger charge is 2.77. The minimum atomic E-state index is -1.72. The summed E-state index contributed by atoms with van der Waals surface area (Å²) >= 11 is 0. The van der Waals surface area contributed by atoms with E-state index in [-0.39, 0.29) is 0 Å². The topological polar surface area (TPSA) is 239 Å². The van der Waals surface area contributed by atoms with Gasteiger partial charge in [0.1, 0.15) is 36.1 Å². The van der Waals surface area contributed by atoms with Gasteiger partial charge in [0.05, 0.1) is 37.6 Å². The van der Waals surface area contributed by atoms with Gasteiger partial charge in [-0.25, -0.2) is 4.79 Å². The second-order valence-electron chi connectivity index (χ2n) is 13.0. The van der Waals surface area contributed by atoms with Crippen molar-refractivity contribution >= 4 is 24.0 Å². The van der Waals surface area contributed by atoms with Gasteiger partial charge in [-0.3, -0.25) is 9.59 Å². The number of fused-ring (bicyclic) bond motifs is 3. The molecule has 16 atom stereocenters. The van der Waals surface area contributed by atoms with Crippen LogP contribution in [0.25, 0.3) is 6.08 Å². The molecule has 1 unspecified atom stereocenters. The third-order valence-electron chi connectivity index (χ3n) is 9.68. The molecule has 4 aliphatic heterocycles. The van der Waals surface area contributed by atoms with Gasteiger partial charge in [0.2, 0.25) is 6.29 Å². The molecular weight excluding hydrogens is 680 g/mol. The van der Waals surface area contributed by atoms with Crippen molar-refractivity contribution in [2.45, 2.75) is 106 Å². The molecule has 6 rings (SSSR count). The fraction of sp³-hybridized carbons (Fsp3) is 0.618. The molecule has 3 saturated heterocycles. The molecule has 0 aromatic heterocycles. The molecule has 280 valence electrons. The van der Waals surface area contributed by atoms with E-state index in [4.69, 9.17) is 42.6 Å². The van der Waals surface area contributed by atoms with E-state index in [0.29, 0.717) is 5.56 Å². The third kappa shape index (κ3) is 7.41. The maximum atomic E-state index is 13.2. The van der Waals surface area contributed by atoms with Crippen LogP contribution in [0.4, 0.5) is 0 Å². The van der Waals surface area contributed by atoms with E-state index in [1.807, 2.05) is 6.07 Å². The zero-order chi connectivity index (χ0) is 36.6. The highest BCUT2D eigenvalue weighted by Crippen LogP contribution is 2.61. The van der Waals surface area contributed by atoms with E-state index in [2.05, 4.69) is 0 Å². The summed E-state index contributed by atoms with van der Waals surface area (Å²) in [4.78, 5) is 37.6. The van der Waals surface area contributed by atoms with Crippen molar-refractivity contribution in [1.29, 1.82) is 0 Å². The number of carbonyl (C=O) groups excluding carboxylic acids is 3. The van der Waals surface area contributed by atoms with E-state index < -0.39 is 128 Å². The number of esters is 3. The molecule has 1 aromatic rings. The molecule has 0 amide bonds. The second kappa shape index (κ2) is 15.2. The quantitative estimate of drug-likeness (QED) is 0.0769. The molecule has 0 bridgehead atoms. The van der Waals surface area contributed by atoms with Gasteiger partial charge in [-0.1, -0.05) is 30.3 Å². The van der Waals surface area contributed by atoms with E-state index in [1.54, 1.807) is 37.3 Å². The Hall–Kier alpha value is -3.49. The molecule has 4 heterocycles. The van der Waals surface area contributed by atoms with Crippen LogP contribution < -0.4 is 0 Å². The van der Waals surface area contributed by atoms with Gasteiger partial charge in [0.25, 0.3) is 0 Å². The predicted molar refractivity (Wildman–Crippen MR) is 166 cm³/mol. The smallest absolute Gasteiger partial charge is 0.331 e. The molecule has 5 aliphatic rings. The van der Waals surface area contributed by atoms with Crippen LogP contribution in [0.15, 0.2) is 48.7 Å². The number of carbonyl (C=O) groups is 3. The molecule has 0 spiro atoms. The fourth-order valence-corrected chi connectivity index (χ4v) is 7.25. The van der Waals surface area contributed by atoms with Gasteiger partial charge < -0.3 is 68.2 Å².